The summed E-state index contributed by atoms with van der Waals surface area (Å²) in [5.41, 5.74) is 0. The van der Waals surface area contributed by atoms with Gasteiger partial charge in [-0.1, -0.05) is 13.8 Å². The van der Waals surface area contributed by atoms with Crippen LogP contribution in [0, 0.1) is 11.8 Å². The van der Waals surface area contributed by atoms with Crippen molar-refractivity contribution in [3.8, 4) is 0 Å². The molecule has 3 unspecified atom stereocenters. The zero-order valence-corrected chi connectivity index (χ0v) is 11.5. The van der Waals surface area contributed by atoms with Crippen LogP contribution in [0.25, 0.3) is 0 Å². The Balaban J connectivity index is 2.28. The lowest BCUT2D eigenvalue weighted by Crippen LogP contribution is -2.39. The van der Waals surface area contributed by atoms with Crippen LogP contribution in [0.15, 0.2) is 0 Å². The molecule has 1 aliphatic rings. The second-order valence-electron chi connectivity index (χ2n) is 5.01. The van der Waals surface area contributed by atoms with E-state index in [-0.39, 0.29) is 0 Å². The van der Waals surface area contributed by atoms with Gasteiger partial charge in [0.15, 0.2) is 0 Å². The summed E-state index contributed by atoms with van der Waals surface area (Å²) in [6.45, 7) is 6.05. The third-order valence-corrected chi connectivity index (χ3v) is 4.62. The molecule has 1 N–H and O–H groups in total. The number of hydrogen-bond acceptors (Lipinski definition) is 3. The topological polar surface area (TPSA) is 38.3 Å². The zero-order valence-electron chi connectivity index (χ0n) is 10.7. The Morgan fingerprint density at radius 3 is 2.75 bits per heavy atom. The van der Waals surface area contributed by atoms with Crippen molar-refractivity contribution in [2.24, 2.45) is 11.8 Å². The van der Waals surface area contributed by atoms with Gasteiger partial charge in [0, 0.05) is 40.9 Å². The summed E-state index contributed by atoms with van der Waals surface area (Å²) in [6, 6.07) is 0.357. The van der Waals surface area contributed by atoms with E-state index < -0.39 is 10.8 Å². The summed E-state index contributed by atoms with van der Waals surface area (Å²) < 4.78 is 17.3. The molecule has 0 aliphatic carbocycles. The average Bonchev–Trinajstić information content (AvgIpc) is 2.76. The minimum Gasteiger partial charge on any atom is -0.381 e. The Bertz CT molecular complexity index is 215. The van der Waals surface area contributed by atoms with E-state index in [4.69, 9.17) is 4.74 Å². The fourth-order valence-electron chi connectivity index (χ4n) is 1.98. The van der Waals surface area contributed by atoms with Gasteiger partial charge in [0.1, 0.15) is 0 Å². The molecule has 1 aliphatic heterocycles. The van der Waals surface area contributed by atoms with Crippen LogP contribution in [0.1, 0.15) is 26.7 Å². The predicted molar refractivity (Wildman–Crippen MR) is 69.1 cm³/mol. The molecular formula is C12H25NO2S. The van der Waals surface area contributed by atoms with Crippen molar-refractivity contribution >= 4 is 10.8 Å². The summed E-state index contributed by atoms with van der Waals surface area (Å²) in [4.78, 5) is 0. The maximum absolute atomic E-state index is 11.9. The van der Waals surface area contributed by atoms with Gasteiger partial charge < -0.3 is 10.1 Å². The van der Waals surface area contributed by atoms with E-state index in [1.165, 1.54) is 0 Å². The van der Waals surface area contributed by atoms with Gasteiger partial charge in [0.05, 0.1) is 6.61 Å². The lowest BCUT2D eigenvalue weighted by molar-refractivity contribution is 0.179. The average molecular weight is 247 g/mol. The van der Waals surface area contributed by atoms with Crippen LogP contribution in [0.2, 0.25) is 0 Å². The van der Waals surface area contributed by atoms with Crippen molar-refractivity contribution < 1.29 is 8.95 Å². The largest absolute Gasteiger partial charge is 0.381 e. The van der Waals surface area contributed by atoms with Crippen LogP contribution >= 0.6 is 0 Å². The fraction of sp³-hybridized carbons (Fsp3) is 1.00. The molecule has 0 spiro atoms. The molecule has 3 nitrogen and oxygen atoms in total. The molecule has 3 atom stereocenters. The van der Waals surface area contributed by atoms with Crippen LogP contribution in [-0.2, 0) is 15.5 Å². The minimum atomic E-state index is -0.685. The van der Waals surface area contributed by atoms with Gasteiger partial charge in [0.25, 0.3) is 0 Å². The first-order valence-electron chi connectivity index (χ1n) is 6.23. The summed E-state index contributed by atoms with van der Waals surface area (Å²) in [7, 11) is 1.28. The number of nitrogens with one attached hydrogen (secondary N) is 1. The SMILES string of the molecule is CNC(CS(=O)CCC(C)C)C1CCOC1. The highest BCUT2D eigenvalue weighted by Crippen LogP contribution is 2.17. The third-order valence-electron chi connectivity index (χ3n) is 3.19. The Labute approximate surface area is 102 Å². The Morgan fingerprint density at radius 2 is 2.25 bits per heavy atom. The van der Waals surface area contributed by atoms with Gasteiger partial charge in [0.2, 0.25) is 0 Å². The molecule has 0 aromatic rings. The van der Waals surface area contributed by atoms with Crippen molar-refractivity contribution in [2.45, 2.75) is 32.7 Å². The molecule has 0 radical (unpaired) electrons. The van der Waals surface area contributed by atoms with E-state index in [2.05, 4.69) is 19.2 Å². The summed E-state index contributed by atoms with van der Waals surface area (Å²) in [5, 5.41) is 3.29. The van der Waals surface area contributed by atoms with Gasteiger partial charge in [-0.15, -0.1) is 0 Å². The van der Waals surface area contributed by atoms with Gasteiger partial charge >= 0.3 is 0 Å². The standard InChI is InChI=1S/C12H25NO2S/c1-10(2)5-7-16(14)9-12(13-3)11-4-6-15-8-11/h10-13H,4-9H2,1-3H3. The van der Waals surface area contributed by atoms with Crippen LogP contribution < -0.4 is 5.32 Å². The molecule has 96 valence electrons. The lowest BCUT2D eigenvalue weighted by Gasteiger charge is -2.21. The Hall–Kier alpha value is 0.0700. The monoisotopic (exact) mass is 247 g/mol. The van der Waals surface area contributed by atoms with Gasteiger partial charge in [-0.25, -0.2) is 0 Å². The van der Waals surface area contributed by atoms with E-state index >= 15 is 0 Å². The second kappa shape index (κ2) is 7.41. The highest BCUT2D eigenvalue weighted by molar-refractivity contribution is 7.85. The maximum Gasteiger partial charge on any atom is 0.0510 e. The smallest absolute Gasteiger partial charge is 0.0510 e. The molecular weight excluding hydrogens is 222 g/mol. The molecule has 0 saturated carbocycles. The molecule has 1 fully saturated rings. The Kier molecular flexibility index (Phi) is 6.54. The first kappa shape index (κ1) is 14.1. The fourth-order valence-corrected chi connectivity index (χ4v) is 3.72. The summed E-state index contributed by atoms with van der Waals surface area (Å²) in [5.74, 6) is 2.81. The highest BCUT2D eigenvalue weighted by Gasteiger charge is 2.25. The van der Waals surface area contributed by atoms with E-state index in [0.29, 0.717) is 17.9 Å². The molecule has 16 heavy (non-hydrogen) atoms. The molecule has 0 aromatic carbocycles. The molecule has 1 heterocycles. The molecule has 4 heteroatoms. The third kappa shape index (κ3) is 4.93. The van der Waals surface area contributed by atoms with Crippen LogP contribution in [0.5, 0.6) is 0 Å². The van der Waals surface area contributed by atoms with Crippen LogP contribution in [0.3, 0.4) is 0 Å². The quantitative estimate of drug-likeness (QED) is 0.739. The first-order chi connectivity index (χ1) is 7.63. The van der Waals surface area contributed by atoms with Crippen LogP contribution in [-0.4, -0.2) is 42.0 Å². The van der Waals surface area contributed by atoms with E-state index in [1.54, 1.807) is 0 Å². The molecule has 0 amide bonds. The van der Waals surface area contributed by atoms with Gasteiger partial charge in [-0.3, -0.25) is 4.21 Å². The predicted octanol–water partition coefficient (Wildman–Crippen LogP) is 1.41. The molecule has 0 bridgehead atoms. The van der Waals surface area contributed by atoms with Crippen molar-refractivity contribution in [1.82, 2.24) is 5.32 Å². The van der Waals surface area contributed by atoms with E-state index in [9.17, 15) is 4.21 Å². The van der Waals surface area contributed by atoms with Crippen molar-refractivity contribution in [3.63, 3.8) is 0 Å². The molecule has 1 rings (SSSR count). The molecule has 0 aromatic heterocycles. The van der Waals surface area contributed by atoms with Gasteiger partial charge in [-0.05, 0) is 25.8 Å². The maximum atomic E-state index is 11.9. The highest BCUT2D eigenvalue weighted by atomic mass is 32.2. The van der Waals surface area contributed by atoms with Crippen molar-refractivity contribution in [3.05, 3.63) is 0 Å². The number of rotatable bonds is 7. The normalized spacial score (nSPS) is 24.9. The number of ether oxygens (including phenoxy) is 1. The van der Waals surface area contributed by atoms with E-state index in [0.717, 1.165) is 37.6 Å². The van der Waals surface area contributed by atoms with E-state index in [1.807, 2.05) is 7.05 Å². The zero-order chi connectivity index (χ0) is 12.0. The second-order valence-corrected chi connectivity index (χ2v) is 6.63. The lowest BCUT2D eigenvalue weighted by atomic mass is 10.0. The minimum absolute atomic E-state index is 0.357. The molecule has 1 saturated heterocycles. The summed E-state index contributed by atoms with van der Waals surface area (Å²) in [6.07, 6.45) is 2.16. The number of hydrogen-bond donors (Lipinski definition) is 1. The Morgan fingerprint density at radius 1 is 1.50 bits per heavy atom. The first-order valence-corrected chi connectivity index (χ1v) is 7.72. The van der Waals surface area contributed by atoms with Crippen LogP contribution in [0.4, 0.5) is 0 Å². The van der Waals surface area contributed by atoms with Crippen molar-refractivity contribution in [2.75, 3.05) is 31.8 Å². The summed E-state index contributed by atoms with van der Waals surface area (Å²) >= 11 is 0. The van der Waals surface area contributed by atoms with Gasteiger partial charge in [-0.2, -0.15) is 0 Å². The van der Waals surface area contributed by atoms with Crippen molar-refractivity contribution in [1.29, 1.82) is 0 Å².